The van der Waals surface area contributed by atoms with Crippen LogP contribution in [0.3, 0.4) is 0 Å². The molecule has 0 bridgehead atoms. The van der Waals surface area contributed by atoms with Gasteiger partial charge in [-0.1, -0.05) is 0 Å². The van der Waals surface area contributed by atoms with E-state index in [1.165, 1.54) is 6.55 Å². The van der Waals surface area contributed by atoms with E-state index in [1.807, 2.05) is 0 Å². The molecule has 0 heterocycles. The lowest BCUT2D eigenvalue weighted by atomic mass is 10.1. The summed E-state index contributed by atoms with van der Waals surface area (Å²) in [5.41, 5.74) is 0. The number of allylic oxidation sites excluding steroid dienone is 1. The zero-order chi connectivity index (χ0) is 17.8. The second-order valence-corrected chi connectivity index (χ2v) is 7.66. The van der Waals surface area contributed by atoms with E-state index in [0.29, 0.717) is 0 Å². The Kier molecular flexibility index (Phi) is 6.99. The molecule has 0 fully saturated rings. The van der Waals surface area contributed by atoms with Crippen molar-refractivity contribution in [1.82, 2.24) is 5.32 Å². The smallest absolute Gasteiger partial charge is 0.411 e. The lowest BCUT2D eigenvalue weighted by molar-refractivity contribution is -0.347. The lowest BCUT2D eigenvalue weighted by Crippen LogP contribution is -2.52. The Labute approximate surface area is 121 Å². The summed E-state index contributed by atoms with van der Waals surface area (Å²) >= 11 is 0. The van der Waals surface area contributed by atoms with E-state index >= 15 is 0 Å². The highest BCUT2D eigenvalue weighted by Gasteiger charge is 2.74. The molecule has 0 rings (SSSR count). The molecule has 0 aromatic heterocycles. The van der Waals surface area contributed by atoms with Crippen LogP contribution >= 0.6 is 0 Å². The minimum atomic E-state index is -6.59. The van der Waals surface area contributed by atoms with E-state index < -0.39 is 39.0 Å². The molecule has 0 saturated carbocycles. The summed E-state index contributed by atoms with van der Waals surface area (Å²) in [6.07, 6.45) is -6.53. The van der Waals surface area contributed by atoms with Gasteiger partial charge in [-0.25, -0.2) is 4.39 Å². The minimum Gasteiger partial charge on any atom is -0.411 e. The number of rotatable bonds is 8. The molecule has 0 aliphatic heterocycles. The first kappa shape index (κ1) is 21.3. The van der Waals surface area contributed by atoms with Crippen molar-refractivity contribution in [2.24, 2.45) is 0 Å². The summed E-state index contributed by atoms with van der Waals surface area (Å²) in [5.74, 6) is -15.4. The first-order chi connectivity index (χ1) is 9.63. The standard InChI is InChI=1S/C10H15F8NO2Si/c1-22(20,21)6-2-4-19-5-3-7(11)8(12,13)9(14,15)10(16,17)18/h3,19-21H,2,4-6H2,1H3/b7-3-. The number of alkyl halides is 7. The molecule has 3 nitrogen and oxygen atoms in total. The van der Waals surface area contributed by atoms with Crippen LogP contribution in [0.5, 0.6) is 0 Å². The van der Waals surface area contributed by atoms with E-state index in [2.05, 4.69) is 5.32 Å². The molecule has 0 amide bonds. The maximum atomic E-state index is 12.9. The van der Waals surface area contributed by atoms with Gasteiger partial charge in [0.15, 0.2) is 5.83 Å². The Morgan fingerprint density at radius 3 is 2.00 bits per heavy atom. The van der Waals surface area contributed by atoms with Gasteiger partial charge in [-0.3, -0.25) is 0 Å². The Bertz CT molecular complexity index is 391. The van der Waals surface area contributed by atoms with Gasteiger partial charge < -0.3 is 14.9 Å². The Morgan fingerprint density at radius 2 is 1.59 bits per heavy atom. The highest BCUT2D eigenvalue weighted by atomic mass is 28.4. The fraction of sp³-hybridized carbons (Fsp3) is 0.800. The summed E-state index contributed by atoms with van der Waals surface area (Å²) < 4.78 is 99.0. The molecule has 3 N–H and O–H groups in total. The van der Waals surface area contributed by atoms with Gasteiger partial charge in [0, 0.05) is 6.54 Å². The summed E-state index contributed by atoms with van der Waals surface area (Å²) in [6, 6.07) is 0.0223. The van der Waals surface area contributed by atoms with E-state index in [0.717, 1.165) is 0 Å². The zero-order valence-corrected chi connectivity index (χ0v) is 12.3. The molecule has 0 unspecified atom stereocenters. The third-order valence-electron chi connectivity index (χ3n) is 2.48. The van der Waals surface area contributed by atoms with Crippen LogP contribution in [0.15, 0.2) is 11.9 Å². The van der Waals surface area contributed by atoms with Gasteiger partial charge in [0.2, 0.25) is 0 Å². The molecule has 0 aliphatic rings. The van der Waals surface area contributed by atoms with E-state index in [1.54, 1.807) is 0 Å². The van der Waals surface area contributed by atoms with Crippen molar-refractivity contribution < 1.29 is 44.7 Å². The van der Waals surface area contributed by atoms with Gasteiger partial charge in [-0.2, -0.15) is 30.7 Å². The quantitative estimate of drug-likeness (QED) is 0.354. The molecule has 0 aromatic rings. The lowest BCUT2D eigenvalue weighted by Gasteiger charge is -2.26. The first-order valence-electron chi connectivity index (χ1n) is 5.97. The maximum absolute atomic E-state index is 12.9. The van der Waals surface area contributed by atoms with Gasteiger partial charge in [-0.15, -0.1) is 0 Å². The van der Waals surface area contributed by atoms with Crippen LogP contribution in [0.1, 0.15) is 6.42 Å². The van der Waals surface area contributed by atoms with Gasteiger partial charge in [0.25, 0.3) is 0 Å². The van der Waals surface area contributed by atoms with Crippen molar-refractivity contribution in [1.29, 1.82) is 0 Å². The highest BCUT2D eigenvalue weighted by Crippen LogP contribution is 2.49. The second-order valence-electron chi connectivity index (χ2n) is 4.72. The molecule has 22 heavy (non-hydrogen) atoms. The molecule has 0 atom stereocenters. The summed E-state index contributed by atoms with van der Waals surface area (Å²) in [4.78, 5) is 18.1. The molecule has 0 aromatic carbocycles. The summed E-state index contributed by atoms with van der Waals surface area (Å²) in [5, 5.41) is 2.28. The summed E-state index contributed by atoms with van der Waals surface area (Å²) in [7, 11) is -3.29. The number of halogens is 8. The van der Waals surface area contributed by atoms with Crippen LogP contribution in [-0.2, 0) is 0 Å². The average molecular weight is 361 g/mol. The van der Waals surface area contributed by atoms with Crippen LogP contribution in [0.4, 0.5) is 35.1 Å². The largest absolute Gasteiger partial charge is 0.460 e. The normalized spacial score (nSPS) is 15.3. The Balaban J connectivity index is 4.54. The molecule has 0 aliphatic carbocycles. The van der Waals surface area contributed by atoms with Gasteiger partial charge in [-0.05, 0) is 31.6 Å². The SMILES string of the molecule is C[Si](O)(O)CCCNC/C=C(\F)C(F)(F)C(F)(F)C(F)(F)F. The van der Waals surface area contributed by atoms with Gasteiger partial charge in [0.1, 0.15) is 0 Å². The van der Waals surface area contributed by atoms with E-state index in [9.17, 15) is 35.1 Å². The Morgan fingerprint density at radius 1 is 1.09 bits per heavy atom. The monoisotopic (exact) mass is 361 g/mol. The van der Waals surface area contributed by atoms with Crippen molar-refractivity contribution >= 4 is 8.56 Å². The molecule has 0 saturated heterocycles. The Hall–Kier alpha value is -0.723. The van der Waals surface area contributed by atoms with Crippen LogP contribution < -0.4 is 5.32 Å². The average Bonchev–Trinajstić information content (AvgIpc) is 2.30. The fourth-order valence-electron chi connectivity index (χ4n) is 1.27. The van der Waals surface area contributed by atoms with Crippen LogP contribution in [0.2, 0.25) is 12.6 Å². The number of nitrogens with one attached hydrogen (secondary N) is 1. The van der Waals surface area contributed by atoms with Crippen LogP contribution in [0.25, 0.3) is 0 Å². The number of hydrogen-bond donors (Lipinski definition) is 3. The number of hydrogen-bond acceptors (Lipinski definition) is 3. The topological polar surface area (TPSA) is 52.5 Å². The highest BCUT2D eigenvalue weighted by molar-refractivity contribution is 6.63. The molecule has 132 valence electrons. The van der Waals surface area contributed by atoms with Crippen LogP contribution in [0, 0.1) is 0 Å². The van der Waals surface area contributed by atoms with Crippen LogP contribution in [-0.4, -0.2) is 49.3 Å². The first-order valence-corrected chi connectivity index (χ1v) is 8.57. The van der Waals surface area contributed by atoms with Crippen molar-refractivity contribution in [2.45, 2.75) is 37.0 Å². The zero-order valence-electron chi connectivity index (χ0n) is 11.3. The molecule has 12 heteroatoms. The summed E-state index contributed by atoms with van der Waals surface area (Å²) in [6.45, 7) is 0.506. The minimum absolute atomic E-state index is 0.00866. The van der Waals surface area contributed by atoms with Crippen molar-refractivity contribution in [3.8, 4) is 0 Å². The maximum Gasteiger partial charge on any atom is 0.460 e. The predicted molar refractivity (Wildman–Crippen MR) is 63.5 cm³/mol. The van der Waals surface area contributed by atoms with Crippen molar-refractivity contribution in [3.63, 3.8) is 0 Å². The third kappa shape index (κ3) is 5.82. The fourth-order valence-corrected chi connectivity index (χ4v) is 2.11. The third-order valence-corrected chi connectivity index (χ3v) is 3.78. The predicted octanol–water partition coefficient (Wildman–Crippen LogP) is 2.71. The molecule has 0 radical (unpaired) electrons. The van der Waals surface area contributed by atoms with Gasteiger partial charge in [0.05, 0.1) is 0 Å². The van der Waals surface area contributed by atoms with Gasteiger partial charge >= 0.3 is 26.6 Å². The van der Waals surface area contributed by atoms with E-state index in [4.69, 9.17) is 9.59 Å². The second kappa shape index (κ2) is 7.23. The van der Waals surface area contributed by atoms with Crippen molar-refractivity contribution in [2.75, 3.05) is 13.1 Å². The van der Waals surface area contributed by atoms with E-state index in [-0.39, 0.29) is 25.1 Å². The molecular formula is C10H15F8NO2Si. The molecule has 0 spiro atoms. The molecular weight excluding hydrogens is 346 g/mol. The van der Waals surface area contributed by atoms with Crippen molar-refractivity contribution in [3.05, 3.63) is 11.9 Å².